The first-order valence-corrected chi connectivity index (χ1v) is 6.21. The van der Waals surface area contributed by atoms with Gasteiger partial charge in [-0.05, 0) is 34.1 Å². The molecule has 0 aliphatic rings. The zero-order valence-electron chi connectivity index (χ0n) is 8.73. The van der Waals surface area contributed by atoms with Gasteiger partial charge in [0.05, 0.1) is 11.6 Å². The number of aromatic nitrogens is 1. The zero-order chi connectivity index (χ0) is 11.5. The van der Waals surface area contributed by atoms with Crippen molar-refractivity contribution >= 4 is 27.5 Å². The first-order valence-electron chi connectivity index (χ1n) is 4.98. The SMILES string of the molecule is CC(c1ccccn1)C(Cl)c1ccoc1Br. The first-order chi connectivity index (χ1) is 7.70. The van der Waals surface area contributed by atoms with E-state index in [-0.39, 0.29) is 11.3 Å². The third-order valence-electron chi connectivity index (χ3n) is 2.54. The maximum atomic E-state index is 6.41. The molecule has 2 unspecified atom stereocenters. The van der Waals surface area contributed by atoms with Crippen LogP contribution in [0.1, 0.15) is 29.5 Å². The van der Waals surface area contributed by atoms with E-state index in [1.807, 2.05) is 24.3 Å². The van der Waals surface area contributed by atoms with Crippen LogP contribution in [0.4, 0.5) is 0 Å². The highest BCUT2D eigenvalue weighted by molar-refractivity contribution is 9.10. The van der Waals surface area contributed by atoms with Crippen LogP contribution in [0.5, 0.6) is 0 Å². The second kappa shape index (κ2) is 5.02. The Hall–Kier alpha value is -0.800. The molecule has 0 fully saturated rings. The molecule has 84 valence electrons. The van der Waals surface area contributed by atoms with Gasteiger partial charge in [0.2, 0.25) is 0 Å². The summed E-state index contributed by atoms with van der Waals surface area (Å²) in [5, 5.41) is -0.150. The van der Waals surface area contributed by atoms with Crippen LogP contribution < -0.4 is 0 Å². The molecule has 16 heavy (non-hydrogen) atoms. The van der Waals surface area contributed by atoms with Crippen molar-refractivity contribution < 1.29 is 4.42 Å². The molecule has 2 rings (SSSR count). The minimum absolute atomic E-state index is 0.136. The van der Waals surface area contributed by atoms with Crippen molar-refractivity contribution in [1.82, 2.24) is 4.98 Å². The molecule has 0 aromatic carbocycles. The number of rotatable bonds is 3. The summed E-state index contributed by atoms with van der Waals surface area (Å²) in [7, 11) is 0. The Kier molecular flexibility index (Phi) is 3.66. The fourth-order valence-corrected chi connectivity index (χ4v) is 2.48. The number of hydrogen-bond donors (Lipinski definition) is 0. The molecule has 4 heteroatoms. The fraction of sp³-hybridized carbons (Fsp3) is 0.250. The van der Waals surface area contributed by atoms with E-state index in [0.29, 0.717) is 4.67 Å². The average Bonchev–Trinajstić information content (AvgIpc) is 2.75. The summed E-state index contributed by atoms with van der Waals surface area (Å²) in [6.07, 6.45) is 3.40. The van der Waals surface area contributed by atoms with E-state index < -0.39 is 0 Å². The molecule has 2 heterocycles. The number of hydrogen-bond acceptors (Lipinski definition) is 2. The molecule has 0 aliphatic carbocycles. The molecule has 2 aromatic heterocycles. The van der Waals surface area contributed by atoms with E-state index in [9.17, 15) is 0 Å². The molecule has 0 aliphatic heterocycles. The van der Waals surface area contributed by atoms with Gasteiger partial charge >= 0.3 is 0 Å². The molecule has 0 radical (unpaired) electrons. The van der Waals surface area contributed by atoms with Crippen LogP contribution in [0, 0.1) is 0 Å². The predicted molar refractivity (Wildman–Crippen MR) is 67.7 cm³/mol. The van der Waals surface area contributed by atoms with Crippen molar-refractivity contribution in [1.29, 1.82) is 0 Å². The van der Waals surface area contributed by atoms with Gasteiger partial charge in [-0.3, -0.25) is 4.98 Å². The maximum Gasteiger partial charge on any atom is 0.173 e. The molecule has 0 saturated carbocycles. The second-order valence-corrected chi connectivity index (χ2v) is 4.79. The van der Waals surface area contributed by atoms with E-state index >= 15 is 0 Å². The normalized spacial score (nSPS) is 14.7. The third-order valence-corrected chi connectivity index (χ3v) is 3.79. The van der Waals surface area contributed by atoms with Gasteiger partial charge in [-0.25, -0.2) is 0 Å². The summed E-state index contributed by atoms with van der Waals surface area (Å²) >= 11 is 9.74. The van der Waals surface area contributed by atoms with E-state index in [1.165, 1.54) is 0 Å². The van der Waals surface area contributed by atoms with Gasteiger partial charge in [0, 0.05) is 23.4 Å². The summed E-state index contributed by atoms with van der Waals surface area (Å²) in [6.45, 7) is 2.06. The Bertz CT molecular complexity index is 457. The van der Waals surface area contributed by atoms with Crippen LogP contribution in [-0.2, 0) is 0 Å². The Morgan fingerprint density at radius 2 is 2.19 bits per heavy atom. The topological polar surface area (TPSA) is 26.0 Å². The lowest BCUT2D eigenvalue weighted by Crippen LogP contribution is -2.03. The van der Waals surface area contributed by atoms with Gasteiger partial charge in [0.25, 0.3) is 0 Å². The van der Waals surface area contributed by atoms with Gasteiger partial charge in [-0.2, -0.15) is 0 Å². The third kappa shape index (κ3) is 2.30. The van der Waals surface area contributed by atoms with Crippen molar-refractivity contribution in [2.24, 2.45) is 0 Å². The summed E-state index contributed by atoms with van der Waals surface area (Å²) < 4.78 is 5.87. The van der Waals surface area contributed by atoms with Crippen LogP contribution in [0.2, 0.25) is 0 Å². The number of nitrogens with zero attached hydrogens (tertiary/aromatic N) is 1. The summed E-state index contributed by atoms with van der Waals surface area (Å²) in [4.78, 5) is 4.31. The number of furan rings is 1. The van der Waals surface area contributed by atoms with Crippen molar-refractivity contribution in [2.75, 3.05) is 0 Å². The van der Waals surface area contributed by atoms with E-state index in [1.54, 1.807) is 12.5 Å². The summed E-state index contributed by atoms with van der Waals surface area (Å²) in [5.41, 5.74) is 1.94. The number of halogens is 2. The zero-order valence-corrected chi connectivity index (χ0v) is 11.1. The molecule has 0 saturated heterocycles. The monoisotopic (exact) mass is 299 g/mol. The second-order valence-electron chi connectivity index (χ2n) is 3.59. The minimum Gasteiger partial charge on any atom is -0.457 e. The largest absolute Gasteiger partial charge is 0.457 e. The summed E-state index contributed by atoms with van der Waals surface area (Å²) in [5.74, 6) is 0.136. The van der Waals surface area contributed by atoms with E-state index in [0.717, 1.165) is 11.3 Å². The number of pyridine rings is 1. The lowest BCUT2D eigenvalue weighted by molar-refractivity contribution is 0.533. The lowest BCUT2D eigenvalue weighted by atomic mass is 9.99. The summed E-state index contributed by atoms with van der Waals surface area (Å²) in [6, 6.07) is 7.72. The van der Waals surface area contributed by atoms with Gasteiger partial charge in [-0.15, -0.1) is 11.6 Å². The highest BCUT2D eigenvalue weighted by Crippen LogP contribution is 2.38. The quantitative estimate of drug-likeness (QED) is 0.779. The molecule has 2 nitrogen and oxygen atoms in total. The average molecular weight is 301 g/mol. The standard InChI is InChI=1S/C12H11BrClNO/c1-8(10-4-2-3-6-15-10)11(14)9-5-7-16-12(9)13/h2-8,11H,1H3. The van der Waals surface area contributed by atoms with E-state index in [2.05, 4.69) is 27.8 Å². The molecular weight excluding hydrogens is 289 g/mol. The van der Waals surface area contributed by atoms with Gasteiger partial charge < -0.3 is 4.42 Å². The van der Waals surface area contributed by atoms with Crippen LogP contribution >= 0.6 is 27.5 Å². The van der Waals surface area contributed by atoms with E-state index in [4.69, 9.17) is 16.0 Å². The molecule has 0 amide bonds. The molecule has 2 aromatic rings. The fourth-order valence-electron chi connectivity index (χ4n) is 1.57. The first kappa shape index (κ1) is 11.7. The number of alkyl halides is 1. The van der Waals surface area contributed by atoms with Crippen LogP contribution in [-0.4, -0.2) is 4.98 Å². The predicted octanol–water partition coefficient (Wildman–Crippen LogP) is 4.52. The molecule has 0 bridgehead atoms. The Balaban J connectivity index is 2.23. The molecular formula is C12H11BrClNO. The van der Waals surface area contributed by atoms with Crippen molar-refractivity contribution in [3.8, 4) is 0 Å². The molecule has 2 atom stereocenters. The highest BCUT2D eigenvalue weighted by Gasteiger charge is 2.22. The maximum absolute atomic E-state index is 6.41. The lowest BCUT2D eigenvalue weighted by Gasteiger charge is -2.16. The van der Waals surface area contributed by atoms with Crippen molar-refractivity contribution in [3.63, 3.8) is 0 Å². The van der Waals surface area contributed by atoms with Gasteiger partial charge in [0.15, 0.2) is 4.67 Å². The van der Waals surface area contributed by atoms with Gasteiger partial charge in [-0.1, -0.05) is 13.0 Å². The Morgan fingerprint density at radius 3 is 2.75 bits per heavy atom. The Labute approximate surface area is 108 Å². The van der Waals surface area contributed by atoms with Crippen LogP contribution in [0.15, 0.2) is 45.8 Å². The van der Waals surface area contributed by atoms with Crippen LogP contribution in [0.3, 0.4) is 0 Å². The highest BCUT2D eigenvalue weighted by atomic mass is 79.9. The Morgan fingerprint density at radius 1 is 1.38 bits per heavy atom. The van der Waals surface area contributed by atoms with Crippen molar-refractivity contribution in [3.05, 3.63) is 52.7 Å². The van der Waals surface area contributed by atoms with Crippen molar-refractivity contribution in [2.45, 2.75) is 18.2 Å². The minimum atomic E-state index is -0.150. The smallest absolute Gasteiger partial charge is 0.173 e. The molecule has 0 spiro atoms. The van der Waals surface area contributed by atoms with Gasteiger partial charge in [0.1, 0.15) is 0 Å². The molecule has 0 N–H and O–H groups in total. The van der Waals surface area contributed by atoms with Crippen LogP contribution in [0.25, 0.3) is 0 Å².